The summed E-state index contributed by atoms with van der Waals surface area (Å²) in [5.74, 6) is 0.0513. The zero-order chi connectivity index (χ0) is 19.3. The summed E-state index contributed by atoms with van der Waals surface area (Å²) in [7, 11) is -3.42. The second kappa shape index (κ2) is 8.19. The van der Waals surface area contributed by atoms with Crippen LogP contribution in [0.25, 0.3) is 0 Å². The van der Waals surface area contributed by atoms with Crippen molar-refractivity contribution >= 4 is 27.3 Å². The molecule has 0 spiro atoms. The van der Waals surface area contributed by atoms with Crippen molar-refractivity contribution in [3.05, 3.63) is 72.3 Å². The van der Waals surface area contributed by atoms with E-state index in [1.807, 2.05) is 24.3 Å². The van der Waals surface area contributed by atoms with Crippen LogP contribution < -0.4 is 9.62 Å². The topological polar surface area (TPSA) is 66.5 Å². The maximum absolute atomic E-state index is 12.5. The molecule has 0 saturated carbocycles. The van der Waals surface area contributed by atoms with Crippen LogP contribution in [-0.4, -0.2) is 27.1 Å². The molecule has 1 amide bonds. The number of carbonyl (C=O) groups is 1. The summed E-state index contributed by atoms with van der Waals surface area (Å²) in [6, 6.07) is 14.2. The van der Waals surface area contributed by atoms with E-state index >= 15 is 0 Å². The van der Waals surface area contributed by atoms with Gasteiger partial charge in [-0.2, -0.15) is 0 Å². The highest BCUT2D eigenvalue weighted by molar-refractivity contribution is 7.92. The van der Waals surface area contributed by atoms with Crippen LogP contribution in [0, 0.1) is 0 Å². The molecule has 0 fully saturated rings. The third kappa shape index (κ3) is 4.73. The lowest BCUT2D eigenvalue weighted by Crippen LogP contribution is -2.29. The molecule has 5 nitrogen and oxygen atoms in total. The Morgan fingerprint density at radius 2 is 1.77 bits per heavy atom. The highest BCUT2D eigenvalue weighted by Gasteiger charge is 2.17. The van der Waals surface area contributed by atoms with Gasteiger partial charge in [-0.25, -0.2) is 8.42 Å². The number of carbonyl (C=O) groups excluding carboxylic acids is 1. The first kappa shape index (κ1) is 19.7. The van der Waals surface area contributed by atoms with Gasteiger partial charge in [0.1, 0.15) is 0 Å². The van der Waals surface area contributed by atoms with E-state index in [1.165, 1.54) is 10.4 Å². The van der Waals surface area contributed by atoms with Crippen molar-refractivity contribution in [1.29, 1.82) is 0 Å². The fourth-order valence-electron chi connectivity index (χ4n) is 2.64. The van der Waals surface area contributed by atoms with E-state index < -0.39 is 10.0 Å². The Labute approximate surface area is 155 Å². The molecule has 0 bridgehead atoms. The molecule has 0 aromatic heterocycles. The van der Waals surface area contributed by atoms with E-state index in [0.29, 0.717) is 11.3 Å². The predicted molar refractivity (Wildman–Crippen MR) is 107 cm³/mol. The fourth-order valence-corrected chi connectivity index (χ4v) is 3.52. The molecule has 0 aliphatic carbocycles. The van der Waals surface area contributed by atoms with Crippen LogP contribution in [0.1, 0.15) is 35.7 Å². The van der Waals surface area contributed by atoms with Crippen LogP contribution >= 0.6 is 0 Å². The van der Waals surface area contributed by atoms with Crippen LogP contribution in [0.5, 0.6) is 0 Å². The van der Waals surface area contributed by atoms with Crippen molar-refractivity contribution in [1.82, 2.24) is 0 Å². The van der Waals surface area contributed by atoms with Gasteiger partial charge in [0.2, 0.25) is 10.0 Å². The monoisotopic (exact) mass is 372 g/mol. The molecule has 0 heterocycles. The van der Waals surface area contributed by atoms with Gasteiger partial charge in [0.25, 0.3) is 5.91 Å². The van der Waals surface area contributed by atoms with E-state index in [0.717, 1.165) is 17.5 Å². The number of para-hydroxylation sites is 1. The Morgan fingerprint density at radius 1 is 1.15 bits per heavy atom. The quantitative estimate of drug-likeness (QED) is 0.747. The van der Waals surface area contributed by atoms with Crippen LogP contribution in [0.2, 0.25) is 0 Å². The van der Waals surface area contributed by atoms with Crippen LogP contribution in [0.15, 0.2) is 61.2 Å². The molecular weight excluding hydrogens is 348 g/mol. The van der Waals surface area contributed by atoms with Crippen molar-refractivity contribution < 1.29 is 13.2 Å². The second-order valence-corrected chi connectivity index (χ2v) is 8.23. The molecule has 2 aromatic rings. The number of rotatable bonds is 7. The van der Waals surface area contributed by atoms with E-state index in [2.05, 4.69) is 25.7 Å². The van der Waals surface area contributed by atoms with Gasteiger partial charge in [-0.15, -0.1) is 6.58 Å². The van der Waals surface area contributed by atoms with Gasteiger partial charge < -0.3 is 5.32 Å². The third-order valence-corrected chi connectivity index (χ3v) is 5.10. The Morgan fingerprint density at radius 3 is 2.31 bits per heavy atom. The zero-order valence-corrected chi connectivity index (χ0v) is 16.1. The van der Waals surface area contributed by atoms with Crippen molar-refractivity contribution in [2.45, 2.75) is 19.8 Å². The number of nitrogens with zero attached hydrogens (tertiary/aromatic N) is 1. The predicted octanol–water partition coefficient (Wildman–Crippen LogP) is 4.01. The maximum Gasteiger partial charge on any atom is 0.255 e. The first-order valence-corrected chi connectivity index (χ1v) is 10.2. The third-order valence-electron chi connectivity index (χ3n) is 3.94. The highest BCUT2D eigenvalue weighted by atomic mass is 32.2. The molecule has 6 heteroatoms. The lowest BCUT2D eigenvalue weighted by Gasteiger charge is -2.21. The maximum atomic E-state index is 12.5. The number of hydrogen-bond donors (Lipinski definition) is 1. The summed E-state index contributed by atoms with van der Waals surface area (Å²) in [5.41, 5.74) is 2.79. The second-order valence-electron chi connectivity index (χ2n) is 6.33. The number of amides is 1. The first-order chi connectivity index (χ1) is 12.2. The molecule has 0 unspecified atom stereocenters. The summed E-state index contributed by atoms with van der Waals surface area (Å²) in [6.45, 7) is 7.89. The number of hydrogen-bond acceptors (Lipinski definition) is 3. The number of nitrogens with one attached hydrogen (secondary N) is 1. The number of benzene rings is 2. The lowest BCUT2D eigenvalue weighted by atomic mass is 10.0. The van der Waals surface area contributed by atoms with Crippen LogP contribution in [0.4, 0.5) is 11.4 Å². The first-order valence-electron chi connectivity index (χ1n) is 8.33. The van der Waals surface area contributed by atoms with Gasteiger partial charge >= 0.3 is 0 Å². The normalized spacial score (nSPS) is 11.2. The van der Waals surface area contributed by atoms with Crippen LogP contribution in [0.3, 0.4) is 0 Å². The standard InChI is InChI=1S/C20H24N2O3S/c1-5-14-22(26(4,24)25)17-12-10-16(11-13-17)20(23)21-19-9-7-6-8-18(19)15(2)3/h5-13,15H,1,14H2,2-4H3,(H,21,23). The molecule has 2 rings (SSSR count). The minimum atomic E-state index is -3.42. The number of anilines is 2. The molecule has 1 N–H and O–H groups in total. The molecular formula is C20H24N2O3S. The van der Waals surface area contributed by atoms with Gasteiger partial charge in [0.15, 0.2) is 0 Å². The molecule has 0 aliphatic rings. The molecule has 26 heavy (non-hydrogen) atoms. The Bertz CT molecular complexity index is 888. The zero-order valence-electron chi connectivity index (χ0n) is 15.3. The molecule has 138 valence electrons. The summed E-state index contributed by atoms with van der Waals surface area (Å²) in [6.07, 6.45) is 2.66. The summed E-state index contributed by atoms with van der Waals surface area (Å²) in [4.78, 5) is 12.5. The van der Waals surface area contributed by atoms with Gasteiger partial charge in [0.05, 0.1) is 18.5 Å². The minimum absolute atomic E-state index is 0.173. The Balaban J connectivity index is 2.23. The Hall–Kier alpha value is -2.60. The highest BCUT2D eigenvalue weighted by Crippen LogP contribution is 2.25. The van der Waals surface area contributed by atoms with Gasteiger partial charge in [-0.3, -0.25) is 9.10 Å². The van der Waals surface area contributed by atoms with Crippen LogP contribution in [-0.2, 0) is 10.0 Å². The van der Waals surface area contributed by atoms with E-state index in [1.54, 1.807) is 24.3 Å². The molecule has 0 radical (unpaired) electrons. The van der Waals surface area contributed by atoms with Crippen molar-refractivity contribution in [3.63, 3.8) is 0 Å². The molecule has 2 aromatic carbocycles. The fraction of sp³-hybridized carbons (Fsp3) is 0.250. The molecule has 0 atom stereocenters. The van der Waals surface area contributed by atoms with Crippen molar-refractivity contribution in [2.24, 2.45) is 0 Å². The smallest absolute Gasteiger partial charge is 0.255 e. The van der Waals surface area contributed by atoms with Crippen molar-refractivity contribution in [2.75, 3.05) is 22.4 Å². The van der Waals surface area contributed by atoms with E-state index in [9.17, 15) is 13.2 Å². The van der Waals surface area contributed by atoms with Gasteiger partial charge in [-0.1, -0.05) is 38.1 Å². The average molecular weight is 372 g/mol. The summed E-state index contributed by atoms with van der Waals surface area (Å²) < 4.78 is 25.0. The summed E-state index contributed by atoms with van der Waals surface area (Å²) >= 11 is 0. The van der Waals surface area contributed by atoms with E-state index in [4.69, 9.17) is 0 Å². The van der Waals surface area contributed by atoms with Gasteiger partial charge in [0, 0.05) is 11.3 Å². The lowest BCUT2D eigenvalue weighted by molar-refractivity contribution is 0.102. The SMILES string of the molecule is C=CCN(c1ccc(C(=O)Nc2ccccc2C(C)C)cc1)S(C)(=O)=O. The summed E-state index contributed by atoms with van der Waals surface area (Å²) in [5, 5.41) is 2.93. The van der Waals surface area contributed by atoms with Crippen molar-refractivity contribution in [3.8, 4) is 0 Å². The van der Waals surface area contributed by atoms with E-state index in [-0.39, 0.29) is 18.4 Å². The Kier molecular flexibility index (Phi) is 6.21. The minimum Gasteiger partial charge on any atom is -0.322 e. The molecule has 0 saturated heterocycles. The molecule has 0 aliphatic heterocycles. The average Bonchev–Trinajstić information content (AvgIpc) is 2.59. The van der Waals surface area contributed by atoms with Gasteiger partial charge in [-0.05, 0) is 41.8 Å². The largest absolute Gasteiger partial charge is 0.322 e. The number of sulfonamides is 1.